The highest BCUT2D eigenvalue weighted by Gasteiger charge is 2.22. The monoisotopic (exact) mass is 449 g/mol. The van der Waals surface area contributed by atoms with Crippen LogP contribution in [0.3, 0.4) is 0 Å². The molecule has 4 N–H and O–H groups in total. The maximum atomic E-state index is 9.20. The molecule has 4 heteroatoms. The van der Waals surface area contributed by atoms with Gasteiger partial charge in [0.15, 0.2) is 0 Å². The van der Waals surface area contributed by atoms with Crippen LogP contribution in [-0.4, -0.2) is 33.9 Å². The Labute approximate surface area is 162 Å². The molecule has 0 amide bonds. The molecular formula is C20H36INO2. The molecule has 0 spiro atoms. The van der Waals surface area contributed by atoms with Crippen LogP contribution in [0.2, 0.25) is 0 Å². The van der Waals surface area contributed by atoms with Crippen LogP contribution in [-0.2, 0) is 12.8 Å². The standard InChI is InChI=1S/C19H33NO2.CH3I/c1-2-3-4-5-6-7-8-17-9-11-18(12-10-17)13-14-19(20,15-21)16-22;1-2/h9-12,21-22H,2-8,13-16,20H2,1H3;1H3. The predicted octanol–water partition coefficient (Wildman–Crippen LogP) is 4.26. The number of benzene rings is 1. The third-order valence-corrected chi connectivity index (χ3v) is 4.38. The van der Waals surface area contributed by atoms with Crippen molar-refractivity contribution in [3.8, 4) is 0 Å². The smallest absolute Gasteiger partial charge is 0.0633 e. The average molecular weight is 449 g/mol. The van der Waals surface area contributed by atoms with Gasteiger partial charge in [-0.25, -0.2) is 0 Å². The summed E-state index contributed by atoms with van der Waals surface area (Å²) < 4.78 is 0. The van der Waals surface area contributed by atoms with Gasteiger partial charge in [-0.15, -0.1) is 0 Å². The first-order valence-corrected chi connectivity index (χ1v) is 11.3. The van der Waals surface area contributed by atoms with Gasteiger partial charge in [0, 0.05) is 0 Å². The van der Waals surface area contributed by atoms with E-state index in [4.69, 9.17) is 5.73 Å². The van der Waals surface area contributed by atoms with Crippen LogP contribution in [0.15, 0.2) is 24.3 Å². The zero-order valence-corrected chi connectivity index (χ0v) is 17.6. The lowest BCUT2D eigenvalue weighted by atomic mass is 9.93. The first-order valence-electron chi connectivity index (χ1n) is 9.10. The van der Waals surface area contributed by atoms with E-state index in [-0.39, 0.29) is 13.2 Å². The number of aliphatic hydroxyl groups is 2. The molecule has 0 radical (unpaired) electrons. The minimum atomic E-state index is -0.864. The van der Waals surface area contributed by atoms with Gasteiger partial charge in [-0.05, 0) is 41.7 Å². The van der Waals surface area contributed by atoms with Crippen molar-refractivity contribution in [2.75, 3.05) is 18.1 Å². The number of unbranched alkanes of at least 4 members (excludes halogenated alkanes) is 5. The molecule has 0 fully saturated rings. The van der Waals surface area contributed by atoms with E-state index in [1.807, 2.05) is 4.93 Å². The minimum Gasteiger partial charge on any atom is -0.394 e. The Morgan fingerprint density at radius 2 is 1.29 bits per heavy atom. The van der Waals surface area contributed by atoms with E-state index in [1.54, 1.807) is 0 Å². The lowest BCUT2D eigenvalue weighted by Gasteiger charge is -2.24. The SMILES string of the molecule is CCCCCCCCc1ccc(CCC(N)(CO)CO)cc1.CI. The Hall–Kier alpha value is -0.170. The molecule has 0 aromatic heterocycles. The summed E-state index contributed by atoms with van der Waals surface area (Å²) in [6.07, 6.45) is 10.5. The summed E-state index contributed by atoms with van der Waals surface area (Å²) in [6, 6.07) is 8.66. The quantitative estimate of drug-likeness (QED) is 0.254. The molecular weight excluding hydrogens is 413 g/mol. The van der Waals surface area contributed by atoms with Gasteiger partial charge in [0.2, 0.25) is 0 Å². The van der Waals surface area contributed by atoms with Gasteiger partial charge in [0.1, 0.15) is 0 Å². The molecule has 24 heavy (non-hydrogen) atoms. The summed E-state index contributed by atoms with van der Waals surface area (Å²) in [5.41, 5.74) is 7.63. The molecule has 0 heterocycles. The number of hydrogen-bond acceptors (Lipinski definition) is 3. The summed E-state index contributed by atoms with van der Waals surface area (Å²) in [7, 11) is 0. The zero-order valence-electron chi connectivity index (χ0n) is 15.4. The van der Waals surface area contributed by atoms with Gasteiger partial charge in [0.25, 0.3) is 0 Å². The van der Waals surface area contributed by atoms with E-state index >= 15 is 0 Å². The largest absolute Gasteiger partial charge is 0.394 e. The molecule has 140 valence electrons. The van der Waals surface area contributed by atoms with Crippen molar-refractivity contribution >= 4 is 22.6 Å². The van der Waals surface area contributed by atoms with E-state index in [9.17, 15) is 10.2 Å². The fraction of sp³-hybridized carbons (Fsp3) is 0.700. The van der Waals surface area contributed by atoms with Crippen LogP contribution in [0.4, 0.5) is 0 Å². The summed E-state index contributed by atoms with van der Waals surface area (Å²) in [4.78, 5) is 1.97. The fourth-order valence-corrected chi connectivity index (χ4v) is 2.58. The molecule has 0 aliphatic carbocycles. The van der Waals surface area contributed by atoms with Gasteiger partial charge in [-0.3, -0.25) is 0 Å². The van der Waals surface area contributed by atoms with Crippen molar-refractivity contribution in [1.82, 2.24) is 0 Å². The van der Waals surface area contributed by atoms with Gasteiger partial charge in [-0.2, -0.15) is 0 Å². The highest BCUT2D eigenvalue weighted by molar-refractivity contribution is 14.1. The second kappa shape index (κ2) is 15.1. The Kier molecular flexibility index (Phi) is 15.0. The van der Waals surface area contributed by atoms with Crippen molar-refractivity contribution < 1.29 is 10.2 Å². The van der Waals surface area contributed by atoms with Crippen LogP contribution in [0.1, 0.15) is 63.0 Å². The number of nitrogens with two attached hydrogens (primary N) is 1. The van der Waals surface area contributed by atoms with Gasteiger partial charge >= 0.3 is 0 Å². The number of rotatable bonds is 12. The lowest BCUT2D eigenvalue weighted by Crippen LogP contribution is -2.47. The first kappa shape index (κ1) is 23.8. The molecule has 3 nitrogen and oxygen atoms in total. The Bertz CT molecular complexity index is 391. The summed E-state index contributed by atoms with van der Waals surface area (Å²) in [5.74, 6) is 0. The predicted molar refractivity (Wildman–Crippen MR) is 113 cm³/mol. The fourth-order valence-electron chi connectivity index (χ4n) is 2.58. The van der Waals surface area contributed by atoms with Crippen LogP contribution in [0, 0.1) is 0 Å². The van der Waals surface area contributed by atoms with E-state index in [1.165, 1.54) is 49.7 Å². The van der Waals surface area contributed by atoms with E-state index in [2.05, 4.69) is 53.8 Å². The molecule has 0 bridgehead atoms. The van der Waals surface area contributed by atoms with Gasteiger partial charge in [0.05, 0.1) is 18.8 Å². The summed E-state index contributed by atoms with van der Waals surface area (Å²) in [6.45, 7) is 1.89. The summed E-state index contributed by atoms with van der Waals surface area (Å²) >= 11 is 2.15. The highest BCUT2D eigenvalue weighted by Crippen LogP contribution is 2.14. The molecule has 1 rings (SSSR count). The molecule has 0 atom stereocenters. The molecule has 0 unspecified atom stereocenters. The number of halogens is 1. The van der Waals surface area contributed by atoms with Crippen molar-refractivity contribution in [2.24, 2.45) is 5.73 Å². The second-order valence-corrected chi connectivity index (χ2v) is 6.51. The van der Waals surface area contributed by atoms with Crippen LogP contribution < -0.4 is 5.73 Å². The first-order chi connectivity index (χ1) is 11.6. The number of alkyl halides is 1. The van der Waals surface area contributed by atoms with E-state index < -0.39 is 5.54 Å². The highest BCUT2D eigenvalue weighted by atomic mass is 127. The second-order valence-electron chi connectivity index (χ2n) is 6.51. The lowest BCUT2D eigenvalue weighted by molar-refractivity contribution is 0.115. The molecule has 0 saturated carbocycles. The van der Waals surface area contributed by atoms with Crippen molar-refractivity contribution in [2.45, 2.75) is 70.3 Å². The van der Waals surface area contributed by atoms with Crippen LogP contribution >= 0.6 is 22.6 Å². The Balaban J connectivity index is 0.00000254. The summed E-state index contributed by atoms with van der Waals surface area (Å²) in [5, 5.41) is 18.4. The Morgan fingerprint density at radius 1 is 0.833 bits per heavy atom. The molecule has 1 aromatic rings. The Morgan fingerprint density at radius 3 is 1.79 bits per heavy atom. The van der Waals surface area contributed by atoms with Gasteiger partial charge < -0.3 is 15.9 Å². The van der Waals surface area contributed by atoms with Gasteiger partial charge in [-0.1, -0.05) is 85.9 Å². The van der Waals surface area contributed by atoms with Crippen LogP contribution in [0.25, 0.3) is 0 Å². The molecule has 1 aromatic carbocycles. The maximum Gasteiger partial charge on any atom is 0.0633 e. The molecule has 0 aliphatic heterocycles. The third kappa shape index (κ3) is 10.6. The van der Waals surface area contributed by atoms with E-state index in [0.717, 1.165) is 12.8 Å². The van der Waals surface area contributed by atoms with E-state index in [0.29, 0.717) is 6.42 Å². The number of aliphatic hydroxyl groups excluding tert-OH is 2. The molecule has 0 saturated heterocycles. The zero-order chi connectivity index (χ0) is 18.3. The minimum absolute atomic E-state index is 0.181. The topological polar surface area (TPSA) is 66.5 Å². The third-order valence-electron chi connectivity index (χ3n) is 4.38. The van der Waals surface area contributed by atoms with Crippen molar-refractivity contribution in [3.05, 3.63) is 35.4 Å². The maximum absolute atomic E-state index is 9.20. The van der Waals surface area contributed by atoms with Crippen LogP contribution in [0.5, 0.6) is 0 Å². The molecule has 0 aliphatic rings. The normalized spacial score (nSPS) is 11.1. The average Bonchev–Trinajstić information content (AvgIpc) is 2.65. The number of aryl methyl sites for hydroxylation is 2. The number of hydrogen-bond donors (Lipinski definition) is 3. The van der Waals surface area contributed by atoms with Crippen molar-refractivity contribution in [3.63, 3.8) is 0 Å². The van der Waals surface area contributed by atoms with Crippen molar-refractivity contribution in [1.29, 1.82) is 0 Å².